The standard InChI is InChI=1S/C13H16N2/c1-11(2)9-12-5-3-6-13(10-12)15-8-4-7-14-15/h3-8,10-11H,9H2,1-2H3. The van der Waals surface area contributed by atoms with Crippen LogP contribution >= 0.6 is 0 Å². The summed E-state index contributed by atoms with van der Waals surface area (Å²) in [5.41, 5.74) is 2.51. The molecule has 1 heterocycles. The van der Waals surface area contributed by atoms with E-state index in [-0.39, 0.29) is 0 Å². The van der Waals surface area contributed by atoms with E-state index in [0.717, 1.165) is 12.1 Å². The van der Waals surface area contributed by atoms with E-state index >= 15 is 0 Å². The molecule has 1 aromatic carbocycles. The number of rotatable bonds is 3. The molecule has 2 aromatic rings. The smallest absolute Gasteiger partial charge is 0.0648 e. The van der Waals surface area contributed by atoms with Crippen molar-refractivity contribution < 1.29 is 0 Å². The number of aromatic nitrogens is 2. The molecule has 0 spiro atoms. The SMILES string of the molecule is CC(C)Cc1cccc(-n2cccn2)c1. The molecule has 0 fully saturated rings. The van der Waals surface area contributed by atoms with Gasteiger partial charge in [0.15, 0.2) is 0 Å². The predicted octanol–water partition coefficient (Wildman–Crippen LogP) is 3.07. The molecule has 0 aliphatic heterocycles. The fourth-order valence-corrected chi connectivity index (χ4v) is 1.72. The molecule has 2 rings (SSSR count). The summed E-state index contributed by atoms with van der Waals surface area (Å²) >= 11 is 0. The highest BCUT2D eigenvalue weighted by Crippen LogP contribution is 2.13. The van der Waals surface area contributed by atoms with Crippen LogP contribution in [0.4, 0.5) is 0 Å². The first-order valence-electron chi connectivity index (χ1n) is 5.34. The fourth-order valence-electron chi connectivity index (χ4n) is 1.72. The van der Waals surface area contributed by atoms with Crippen LogP contribution in [0.1, 0.15) is 19.4 Å². The minimum absolute atomic E-state index is 0.692. The fraction of sp³-hybridized carbons (Fsp3) is 0.308. The van der Waals surface area contributed by atoms with E-state index in [1.165, 1.54) is 5.56 Å². The number of nitrogens with zero attached hydrogens (tertiary/aromatic N) is 2. The van der Waals surface area contributed by atoms with Crippen LogP contribution in [0.3, 0.4) is 0 Å². The highest BCUT2D eigenvalue weighted by Gasteiger charge is 2.00. The predicted molar refractivity (Wildman–Crippen MR) is 62.1 cm³/mol. The lowest BCUT2D eigenvalue weighted by Crippen LogP contribution is -1.98. The largest absolute Gasteiger partial charge is 0.241 e. The molecule has 0 bridgehead atoms. The normalized spacial score (nSPS) is 10.9. The van der Waals surface area contributed by atoms with Gasteiger partial charge in [0.1, 0.15) is 0 Å². The van der Waals surface area contributed by atoms with Crippen LogP contribution in [0.5, 0.6) is 0 Å². The third kappa shape index (κ3) is 2.46. The van der Waals surface area contributed by atoms with Gasteiger partial charge in [0.05, 0.1) is 5.69 Å². The molecular formula is C13H16N2. The van der Waals surface area contributed by atoms with E-state index in [0.29, 0.717) is 5.92 Å². The van der Waals surface area contributed by atoms with Crippen molar-refractivity contribution in [3.63, 3.8) is 0 Å². The second-order valence-electron chi connectivity index (χ2n) is 4.22. The molecule has 15 heavy (non-hydrogen) atoms. The Balaban J connectivity index is 2.27. The summed E-state index contributed by atoms with van der Waals surface area (Å²) in [6.45, 7) is 4.47. The van der Waals surface area contributed by atoms with Crippen molar-refractivity contribution in [3.05, 3.63) is 48.3 Å². The maximum absolute atomic E-state index is 4.22. The summed E-state index contributed by atoms with van der Waals surface area (Å²) in [7, 11) is 0. The summed E-state index contributed by atoms with van der Waals surface area (Å²) in [6.07, 6.45) is 4.89. The molecule has 1 aromatic heterocycles. The Kier molecular flexibility index (Phi) is 2.86. The Morgan fingerprint density at radius 2 is 2.13 bits per heavy atom. The van der Waals surface area contributed by atoms with E-state index in [4.69, 9.17) is 0 Å². The highest BCUT2D eigenvalue weighted by molar-refractivity contribution is 5.35. The van der Waals surface area contributed by atoms with Crippen LogP contribution in [0.2, 0.25) is 0 Å². The quantitative estimate of drug-likeness (QED) is 0.744. The van der Waals surface area contributed by atoms with Crippen molar-refractivity contribution in [3.8, 4) is 5.69 Å². The molecule has 0 radical (unpaired) electrons. The first-order chi connectivity index (χ1) is 7.25. The van der Waals surface area contributed by atoms with Crippen molar-refractivity contribution in [2.45, 2.75) is 20.3 Å². The second-order valence-corrected chi connectivity index (χ2v) is 4.22. The summed E-state index contributed by atoms with van der Waals surface area (Å²) in [5, 5.41) is 4.22. The zero-order valence-electron chi connectivity index (χ0n) is 9.22. The number of hydrogen-bond acceptors (Lipinski definition) is 1. The summed E-state index contributed by atoms with van der Waals surface area (Å²) in [4.78, 5) is 0. The minimum Gasteiger partial charge on any atom is -0.241 e. The van der Waals surface area contributed by atoms with Crippen LogP contribution in [-0.2, 0) is 6.42 Å². The Labute approximate surface area is 90.6 Å². The van der Waals surface area contributed by atoms with Crippen molar-refractivity contribution >= 4 is 0 Å². The average Bonchev–Trinajstić information content (AvgIpc) is 2.69. The van der Waals surface area contributed by atoms with E-state index in [2.05, 4.69) is 43.2 Å². The Morgan fingerprint density at radius 1 is 1.27 bits per heavy atom. The lowest BCUT2D eigenvalue weighted by Gasteiger charge is -2.07. The van der Waals surface area contributed by atoms with E-state index in [1.54, 1.807) is 6.20 Å². The molecule has 0 saturated heterocycles. The van der Waals surface area contributed by atoms with Crippen LogP contribution < -0.4 is 0 Å². The van der Waals surface area contributed by atoms with Crippen LogP contribution in [0.15, 0.2) is 42.7 Å². The molecule has 2 nitrogen and oxygen atoms in total. The van der Waals surface area contributed by atoms with E-state index in [1.807, 2.05) is 16.9 Å². The average molecular weight is 200 g/mol. The molecule has 0 aliphatic carbocycles. The molecule has 0 amide bonds. The minimum atomic E-state index is 0.692. The molecule has 78 valence electrons. The monoisotopic (exact) mass is 200 g/mol. The lowest BCUT2D eigenvalue weighted by atomic mass is 10.0. The molecule has 0 saturated carbocycles. The molecule has 2 heteroatoms. The van der Waals surface area contributed by atoms with Crippen molar-refractivity contribution in [1.82, 2.24) is 9.78 Å². The molecule has 0 unspecified atom stereocenters. The Morgan fingerprint density at radius 3 is 2.80 bits per heavy atom. The first-order valence-corrected chi connectivity index (χ1v) is 5.34. The van der Waals surface area contributed by atoms with Gasteiger partial charge in [-0.05, 0) is 36.1 Å². The van der Waals surface area contributed by atoms with E-state index < -0.39 is 0 Å². The van der Waals surface area contributed by atoms with Gasteiger partial charge in [-0.2, -0.15) is 5.10 Å². The van der Waals surface area contributed by atoms with Crippen LogP contribution in [-0.4, -0.2) is 9.78 Å². The summed E-state index contributed by atoms with van der Waals surface area (Å²) < 4.78 is 1.89. The Bertz CT molecular complexity index is 416. The zero-order chi connectivity index (χ0) is 10.7. The maximum atomic E-state index is 4.22. The topological polar surface area (TPSA) is 17.8 Å². The number of hydrogen-bond donors (Lipinski definition) is 0. The highest BCUT2D eigenvalue weighted by atomic mass is 15.3. The first kappa shape index (κ1) is 9.97. The van der Waals surface area contributed by atoms with Gasteiger partial charge in [0.2, 0.25) is 0 Å². The van der Waals surface area contributed by atoms with Gasteiger partial charge in [0, 0.05) is 12.4 Å². The summed E-state index contributed by atoms with van der Waals surface area (Å²) in [5.74, 6) is 0.692. The van der Waals surface area contributed by atoms with Gasteiger partial charge in [-0.3, -0.25) is 0 Å². The van der Waals surface area contributed by atoms with Gasteiger partial charge in [-0.15, -0.1) is 0 Å². The van der Waals surface area contributed by atoms with Gasteiger partial charge in [-0.25, -0.2) is 4.68 Å². The van der Waals surface area contributed by atoms with Crippen molar-refractivity contribution in [1.29, 1.82) is 0 Å². The zero-order valence-corrected chi connectivity index (χ0v) is 9.22. The van der Waals surface area contributed by atoms with Gasteiger partial charge in [-0.1, -0.05) is 26.0 Å². The lowest BCUT2D eigenvalue weighted by molar-refractivity contribution is 0.646. The maximum Gasteiger partial charge on any atom is 0.0648 e. The third-order valence-electron chi connectivity index (χ3n) is 2.32. The van der Waals surface area contributed by atoms with Gasteiger partial charge in [0.25, 0.3) is 0 Å². The summed E-state index contributed by atoms with van der Waals surface area (Å²) in [6, 6.07) is 10.5. The van der Waals surface area contributed by atoms with Gasteiger partial charge >= 0.3 is 0 Å². The van der Waals surface area contributed by atoms with Gasteiger partial charge < -0.3 is 0 Å². The van der Waals surface area contributed by atoms with Crippen LogP contribution in [0, 0.1) is 5.92 Å². The molecule has 0 aliphatic rings. The van der Waals surface area contributed by atoms with Crippen molar-refractivity contribution in [2.24, 2.45) is 5.92 Å². The number of benzene rings is 1. The third-order valence-corrected chi connectivity index (χ3v) is 2.32. The molecule has 0 atom stereocenters. The molecule has 0 N–H and O–H groups in total. The van der Waals surface area contributed by atoms with Crippen LogP contribution in [0.25, 0.3) is 5.69 Å². The van der Waals surface area contributed by atoms with E-state index in [9.17, 15) is 0 Å². The molecular weight excluding hydrogens is 184 g/mol. The second kappa shape index (κ2) is 4.30. The van der Waals surface area contributed by atoms with Crippen molar-refractivity contribution in [2.75, 3.05) is 0 Å². The Hall–Kier alpha value is -1.57.